The Hall–Kier alpha value is -7.38. The van der Waals surface area contributed by atoms with Crippen LogP contribution in [-0.4, -0.2) is 49.5 Å². The van der Waals surface area contributed by atoms with Gasteiger partial charge in [0.05, 0.1) is 62.4 Å². The van der Waals surface area contributed by atoms with Gasteiger partial charge in [-0.2, -0.15) is 0 Å². The minimum atomic E-state index is -1.63. The Balaban J connectivity index is 1.11. The molecule has 0 saturated heterocycles. The Morgan fingerprint density at radius 3 is 0.810 bits per heavy atom. The topological polar surface area (TPSA) is 9.86 Å². The lowest BCUT2D eigenvalue weighted by molar-refractivity contribution is 1.18. The molecule has 13 rings (SSSR count). The molecule has 11 aromatic carbocycles. The van der Waals surface area contributed by atoms with Crippen LogP contribution in [0.5, 0.6) is 0 Å². The Morgan fingerprint density at radius 2 is 0.476 bits per heavy atom. The van der Waals surface area contributed by atoms with Gasteiger partial charge in [0.1, 0.15) is 0 Å². The van der Waals surface area contributed by atoms with E-state index < -0.39 is 40.4 Å². The molecule has 2 aromatic heterocycles. The number of aromatic nitrogens is 2. The second-order valence-corrected chi connectivity index (χ2v) is 54.5. The van der Waals surface area contributed by atoms with E-state index in [1.165, 1.54) is 141 Å². The monoisotopic (exact) mass is 1170 g/mol. The highest BCUT2D eigenvalue weighted by atomic mass is 28.3. The van der Waals surface area contributed by atoms with Gasteiger partial charge < -0.3 is 9.13 Å². The van der Waals surface area contributed by atoms with E-state index >= 15 is 0 Å². The summed E-state index contributed by atoms with van der Waals surface area (Å²) in [6, 6.07) is 83.5. The lowest BCUT2D eigenvalue weighted by atomic mass is 9.85. The van der Waals surface area contributed by atoms with E-state index in [2.05, 4.69) is 320 Å². The molecule has 0 aliphatic heterocycles. The molecule has 0 amide bonds. The fourth-order valence-electron chi connectivity index (χ4n) is 13.0. The highest BCUT2D eigenvalue weighted by Gasteiger charge is 2.26. The van der Waals surface area contributed by atoms with Gasteiger partial charge in [-0.3, -0.25) is 0 Å². The molecule has 0 saturated carbocycles. The van der Waals surface area contributed by atoms with Crippen molar-refractivity contribution in [3.63, 3.8) is 0 Å². The van der Waals surface area contributed by atoms with Crippen LogP contribution in [-0.2, 0) is 0 Å². The van der Waals surface area contributed by atoms with Crippen molar-refractivity contribution in [3.8, 4) is 55.9 Å². The molecular formula is C77H80N2Si5. The molecule has 7 heteroatoms. The SMILES string of the molecule is C[Si](C)(C)c1ccc(-c2ccc(-c3c4ccc(-n5c6ccc([Si](C)(C)C)cc6c6cc([Si](C)(C)C)ccc65)cc4c(-c4ccc(-c5ccc([Si](C)(C)C)cc5)cc4)c4ccc(-n5c6ccccc6c6cc([Si](C)(C)C)ccc65)cc34)cc2)cc1. The lowest BCUT2D eigenvalue weighted by Gasteiger charge is -2.21. The van der Waals surface area contributed by atoms with Gasteiger partial charge in [-0.15, -0.1) is 0 Å². The van der Waals surface area contributed by atoms with E-state index in [9.17, 15) is 0 Å². The third-order valence-electron chi connectivity index (χ3n) is 18.2. The summed E-state index contributed by atoms with van der Waals surface area (Å²) in [6.45, 7) is 36.7. The third kappa shape index (κ3) is 9.85. The van der Waals surface area contributed by atoms with Crippen LogP contribution >= 0.6 is 0 Å². The molecule has 0 aliphatic rings. The number of hydrogen-bond acceptors (Lipinski definition) is 0. The average molecular weight is 1170 g/mol. The standard InChI is InChI=1S/C77H80N2Si5/c1-80(2,3)59-34-28-53(29-35-59)51-20-24-55(25-21-51)76-66-42-33-58(79-74-44-39-62(83(10,11)12)49-68(74)69-50-63(84(13,14)15)40-45-75(69)79)47-71(66)77(56-26-22-52(23-27-56)54-30-36-60(37-31-54)81(4,5)6)65-41-32-57(46-70(65)76)78-72-19-17-16-18-64(72)67-48-61(82(7,8)9)38-43-73(67)78/h16-50H,1-15H3. The predicted molar refractivity (Wildman–Crippen MR) is 387 cm³/mol. The number of nitrogens with zero attached hydrogens (tertiary/aromatic N) is 2. The van der Waals surface area contributed by atoms with Crippen molar-refractivity contribution in [2.24, 2.45) is 0 Å². The summed E-state index contributed by atoms with van der Waals surface area (Å²) in [5, 5.41) is 17.7. The molecule has 0 unspecified atom stereocenters. The van der Waals surface area contributed by atoms with Crippen LogP contribution in [0.3, 0.4) is 0 Å². The van der Waals surface area contributed by atoms with Gasteiger partial charge in [0.25, 0.3) is 0 Å². The average Bonchev–Trinajstić information content (AvgIpc) is 1.61. The maximum Gasteiger partial charge on any atom is 0.0776 e. The third-order valence-corrected chi connectivity index (χ3v) is 28.4. The molecule has 0 bridgehead atoms. The van der Waals surface area contributed by atoms with Crippen LogP contribution < -0.4 is 25.9 Å². The first-order valence-corrected chi connectivity index (χ1v) is 47.9. The first-order chi connectivity index (χ1) is 39.8. The van der Waals surface area contributed by atoms with Crippen molar-refractivity contribution in [2.75, 3.05) is 0 Å². The van der Waals surface area contributed by atoms with E-state index in [0.717, 1.165) is 5.69 Å². The molecule has 0 radical (unpaired) electrons. The quantitative estimate of drug-likeness (QED) is 0.0902. The summed E-state index contributed by atoms with van der Waals surface area (Å²) in [7, 11) is -7.75. The molecule has 0 aliphatic carbocycles. The van der Waals surface area contributed by atoms with Crippen molar-refractivity contribution >= 4 is 131 Å². The second-order valence-electron chi connectivity index (χ2n) is 29.2. The van der Waals surface area contributed by atoms with Gasteiger partial charge in [0.2, 0.25) is 0 Å². The number of rotatable bonds is 11. The number of para-hydroxylation sites is 1. The highest BCUT2D eigenvalue weighted by Crippen LogP contribution is 2.47. The van der Waals surface area contributed by atoms with Crippen LogP contribution in [0.4, 0.5) is 0 Å². The normalized spacial score (nSPS) is 12.9. The van der Waals surface area contributed by atoms with Gasteiger partial charge in [-0.1, -0.05) is 288 Å². The smallest absolute Gasteiger partial charge is 0.0776 e. The van der Waals surface area contributed by atoms with E-state index in [1.54, 1.807) is 0 Å². The fraction of sp³-hybridized carbons (Fsp3) is 0.195. The zero-order valence-corrected chi connectivity index (χ0v) is 57.1. The lowest BCUT2D eigenvalue weighted by Crippen LogP contribution is -2.37. The van der Waals surface area contributed by atoms with Crippen LogP contribution in [0.15, 0.2) is 212 Å². The number of hydrogen-bond donors (Lipinski definition) is 0. The molecule has 418 valence electrons. The summed E-state index contributed by atoms with van der Waals surface area (Å²) in [4.78, 5) is 0. The van der Waals surface area contributed by atoms with Crippen LogP contribution in [0.2, 0.25) is 98.2 Å². The van der Waals surface area contributed by atoms with Crippen molar-refractivity contribution < 1.29 is 0 Å². The zero-order chi connectivity index (χ0) is 59.0. The molecule has 13 aromatic rings. The molecule has 0 fully saturated rings. The van der Waals surface area contributed by atoms with Gasteiger partial charge in [0.15, 0.2) is 0 Å². The first-order valence-electron chi connectivity index (χ1n) is 30.4. The van der Waals surface area contributed by atoms with Crippen molar-refractivity contribution in [2.45, 2.75) is 98.2 Å². The first kappa shape index (κ1) is 55.8. The summed E-state index contributed by atoms with van der Waals surface area (Å²) >= 11 is 0. The van der Waals surface area contributed by atoms with Crippen LogP contribution in [0.25, 0.3) is 121 Å². The molecule has 84 heavy (non-hydrogen) atoms. The van der Waals surface area contributed by atoms with Gasteiger partial charge in [0, 0.05) is 32.9 Å². The largest absolute Gasteiger partial charge is 0.309 e. The van der Waals surface area contributed by atoms with Crippen molar-refractivity contribution in [1.29, 1.82) is 0 Å². The minimum Gasteiger partial charge on any atom is -0.309 e. The van der Waals surface area contributed by atoms with Crippen molar-refractivity contribution in [3.05, 3.63) is 212 Å². The zero-order valence-electron chi connectivity index (χ0n) is 52.1. The van der Waals surface area contributed by atoms with Crippen LogP contribution in [0, 0.1) is 0 Å². The van der Waals surface area contributed by atoms with E-state index in [4.69, 9.17) is 0 Å². The van der Waals surface area contributed by atoms with Crippen LogP contribution in [0.1, 0.15) is 0 Å². The van der Waals surface area contributed by atoms with Gasteiger partial charge >= 0.3 is 0 Å². The predicted octanol–water partition coefficient (Wildman–Crippen LogP) is 19.6. The summed E-state index contributed by atoms with van der Waals surface area (Å²) in [6.07, 6.45) is 0. The van der Waals surface area contributed by atoms with E-state index in [1.807, 2.05) is 0 Å². The molecule has 2 heterocycles. The molecule has 0 N–H and O–H groups in total. The molecule has 0 atom stereocenters. The van der Waals surface area contributed by atoms with Gasteiger partial charge in [-0.25, -0.2) is 0 Å². The fourth-order valence-corrected chi connectivity index (χ4v) is 18.9. The maximum atomic E-state index is 2.56. The minimum absolute atomic E-state index is 1.16. The number of fused-ring (bicyclic) bond motifs is 8. The Kier molecular flexibility index (Phi) is 13.4. The Morgan fingerprint density at radius 1 is 0.202 bits per heavy atom. The molecular weight excluding hydrogens is 1090 g/mol. The van der Waals surface area contributed by atoms with Gasteiger partial charge in [-0.05, 0) is 115 Å². The highest BCUT2D eigenvalue weighted by molar-refractivity contribution is 6.90. The van der Waals surface area contributed by atoms with Crippen molar-refractivity contribution in [1.82, 2.24) is 9.13 Å². The molecule has 0 spiro atoms. The Labute approximate surface area is 503 Å². The molecule has 2 nitrogen and oxygen atoms in total. The maximum absolute atomic E-state index is 2.56. The second kappa shape index (κ2) is 20.1. The summed E-state index contributed by atoms with van der Waals surface area (Å²) in [5.74, 6) is 0. The van der Waals surface area contributed by atoms with E-state index in [-0.39, 0.29) is 0 Å². The Bertz CT molecular complexity index is 4670. The van der Waals surface area contributed by atoms with E-state index in [0.29, 0.717) is 0 Å². The summed E-state index contributed by atoms with van der Waals surface area (Å²) in [5.41, 5.74) is 17.2. The summed E-state index contributed by atoms with van der Waals surface area (Å²) < 4.78 is 5.09. The number of benzene rings is 11.